The van der Waals surface area contributed by atoms with Crippen LogP contribution in [0.15, 0.2) is 60.9 Å². The number of aromatic nitrogens is 2. The third-order valence-corrected chi connectivity index (χ3v) is 3.16. The Morgan fingerprint density at radius 2 is 1.65 bits per heavy atom. The van der Waals surface area contributed by atoms with E-state index in [0.29, 0.717) is 6.54 Å². The quantitative estimate of drug-likeness (QED) is 0.716. The van der Waals surface area contributed by atoms with Crippen molar-refractivity contribution in [3.8, 4) is 16.9 Å². The van der Waals surface area contributed by atoms with Crippen molar-refractivity contribution in [2.45, 2.75) is 6.54 Å². The minimum atomic E-state index is 0.275. The van der Waals surface area contributed by atoms with Crippen LogP contribution in [0, 0.1) is 0 Å². The second kappa shape index (κ2) is 5.09. The molecule has 0 atom stereocenters. The van der Waals surface area contributed by atoms with Crippen LogP contribution >= 0.6 is 0 Å². The van der Waals surface area contributed by atoms with Crippen LogP contribution in [0.2, 0.25) is 0 Å². The van der Waals surface area contributed by atoms with Crippen LogP contribution in [0.5, 0.6) is 5.75 Å². The number of anilines is 1. The zero-order valence-electron chi connectivity index (χ0n) is 10.9. The van der Waals surface area contributed by atoms with Crippen molar-refractivity contribution in [3.63, 3.8) is 0 Å². The van der Waals surface area contributed by atoms with E-state index in [2.05, 4.69) is 5.10 Å². The van der Waals surface area contributed by atoms with E-state index in [9.17, 15) is 5.11 Å². The summed E-state index contributed by atoms with van der Waals surface area (Å²) in [5, 5.41) is 13.6. The van der Waals surface area contributed by atoms with Gasteiger partial charge in [-0.05, 0) is 35.4 Å². The molecule has 4 nitrogen and oxygen atoms in total. The molecular formula is C16H15N3O. The monoisotopic (exact) mass is 265 g/mol. The van der Waals surface area contributed by atoms with Gasteiger partial charge in [-0.15, -0.1) is 0 Å². The van der Waals surface area contributed by atoms with Gasteiger partial charge in [0.25, 0.3) is 0 Å². The van der Waals surface area contributed by atoms with Crippen LogP contribution in [-0.2, 0) is 6.54 Å². The molecule has 3 rings (SSSR count). The van der Waals surface area contributed by atoms with Crippen LogP contribution in [0.4, 0.5) is 5.69 Å². The maximum Gasteiger partial charge on any atom is 0.115 e. The fourth-order valence-electron chi connectivity index (χ4n) is 2.06. The van der Waals surface area contributed by atoms with Gasteiger partial charge in [0.05, 0.1) is 12.7 Å². The van der Waals surface area contributed by atoms with E-state index in [4.69, 9.17) is 5.73 Å². The molecule has 0 saturated carbocycles. The average Bonchev–Trinajstić information content (AvgIpc) is 2.91. The lowest BCUT2D eigenvalue weighted by Gasteiger charge is -2.02. The van der Waals surface area contributed by atoms with Crippen molar-refractivity contribution in [3.05, 3.63) is 66.5 Å². The first-order chi connectivity index (χ1) is 9.70. The molecule has 4 heteroatoms. The van der Waals surface area contributed by atoms with Crippen molar-refractivity contribution in [2.75, 3.05) is 5.73 Å². The van der Waals surface area contributed by atoms with Crippen molar-refractivity contribution >= 4 is 5.69 Å². The number of aromatic hydroxyl groups is 1. The maximum atomic E-state index is 9.27. The number of phenols is 1. The Hall–Kier alpha value is -2.75. The molecule has 0 spiro atoms. The summed E-state index contributed by atoms with van der Waals surface area (Å²) in [5.41, 5.74) is 9.68. The predicted octanol–water partition coefficient (Wildman–Crippen LogP) is 2.89. The standard InChI is InChI=1S/C16H15N3O/c17-15-5-3-13(4-6-15)14-9-18-19(11-14)10-12-1-7-16(20)8-2-12/h1-9,11,20H,10,17H2. The van der Waals surface area contributed by atoms with Crippen molar-refractivity contribution in [1.82, 2.24) is 9.78 Å². The summed E-state index contributed by atoms with van der Waals surface area (Å²) in [7, 11) is 0. The van der Waals surface area contributed by atoms with E-state index in [1.807, 2.05) is 53.5 Å². The first-order valence-electron chi connectivity index (χ1n) is 6.37. The van der Waals surface area contributed by atoms with Crippen LogP contribution in [-0.4, -0.2) is 14.9 Å². The first-order valence-corrected chi connectivity index (χ1v) is 6.37. The number of hydrogen-bond donors (Lipinski definition) is 2. The number of benzene rings is 2. The van der Waals surface area contributed by atoms with E-state index < -0.39 is 0 Å². The molecule has 0 unspecified atom stereocenters. The molecule has 0 bridgehead atoms. The largest absolute Gasteiger partial charge is 0.508 e. The Morgan fingerprint density at radius 3 is 2.35 bits per heavy atom. The first kappa shape index (κ1) is 12.3. The Balaban J connectivity index is 1.80. The van der Waals surface area contributed by atoms with Gasteiger partial charge in [0.1, 0.15) is 5.75 Å². The number of phenolic OH excluding ortho intramolecular Hbond substituents is 1. The molecule has 0 aliphatic carbocycles. The van der Waals surface area contributed by atoms with E-state index in [-0.39, 0.29) is 5.75 Å². The summed E-state index contributed by atoms with van der Waals surface area (Å²) in [6.07, 6.45) is 3.84. The average molecular weight is 265 g/mol. The van der Waals surface area contributed by atoms with Gasteiger partial charge in [-0.1, -0.05) is 24.3 Å². The van der Waals surface area contributed by atoms with Crippen LogP contribution in [0.3, 0.4) is 0 Å². The van der Waals surface area contributed by atoms with E-state index in [1.165, 1.54) is 0 Å². The molecule has 0 aliphatic heterocycles. The summed E-state index contributed by atoms with van der Waals surface area (Å²) in [4.78, 5) is 0. The maximum absolute atomic E-state index is 9.27. The molecule has 0 radical (unpaired) electrons. The lowest BCUT2D eigenvalue weighted by Crippen LogP contribution is -1.99. The molecule has 2 aromatic carbocycles. The zero-order valence-corrected chi connectivity index (χ0v) is 10.9. The molecule has 3 aromatic rings. The molecule has 0 aliphatic rings. The Kier molecular flexibility index (Phi) is 3.13. The highest BCUT2D eigenvalue weighted by Crippen LogP contribution is 2.20. The summed E-state index contributed by atoms with van der Waals surface area (Å²) in [6.45, 7) is 0.676. The van der Waals surface area contributed by atoms with Crippen LogP contribution in [0.25, 0.3) is 11.1 Å². The topological polar surface area (TPSA) is 64.1 Å². The molecule has 1 heterocycles. The van der Waals surface area contributed by atoms with Crippen LogP contribution in [0.1, 0.15) is 5.56 Å². The SMILES string of the molecule is Nc1ccc(-c2cnn(Cc3ccc(O)cc3)c2)cc1. The Bertz CT molecular complexity index is 699. The van der Waals surface area contributed by atoms with Crippen molar-refractivity contribution in [2.24, 2.45) is 0 Å². The van der Waals surface area contributed by atoms with Gasteiger partial charge in [0, 0.05) is 17.4 Å². The lowest BCUT2D eigenvalue weighted by molar-refractivity contribution is 0.475. The molecule has 3 N–H and O–H groups in total. The Labute approximate surface area is 117 Å². The second-order valence-electron chi connectivity index (χ2n) is 4.72. The lowest BCUT2D eigenvalue weighted by atomic mass is 10.1. The summed E-state index contributed by atoms with van der Waals surface area (Å²) in [6, 6.07) is 14.9. The van der Waals surface area contributed by atoms with Crippen molar-refractivity contribution in [1.29, 1.82) is 0 Å². The number of hydrogen-bond acceptors (Lipinski definition) is 3. The third-order valence-electron chi connectivity index (χ3n) is 3.16. The minimum Gasteiger partial charge on any atom is -0.508 e. The molecule has 20 heavy (non-hydrogen) atoms. The van der Waals surface area contributed by atoms with Crippen molar-refractivity contribution < 1.29 is 5.11 Å². The van der Waals surface area contributed by atoms with Gasteiger partial charge in [-0.25, -0.2) is 0 Å². The summed E-state index contributed by atoms with van der Waals surface area (Å²) < 4.78 is 1.87. The van der Waals surface area contributed by atoms with Gasteiger partial charge in [0.2, 0.25) is 0 Å². The summed E-state index contributed by atoms with van der Waals surface area (Å²) >= 11 is 0. The Morgan fingerprint density at radius 1 is 0.950 bits per heavy atom. The van der Waals surface area contributed by atoms with Crippen LogP contribution < -0.4 is 5.73 Å². The molecular weight excluding hydrogens is 250 g/mol. The second-order valence-corrected chi connectivity index (χ2v) is 4.72. The van der Waals surface area contributed by atoms with Gasteiger partial charge in [0.15, 0.2) is 0 Å². The number of nitrogens with two attached hydrogens (primary N) is 1. The molecule has 100 valence electrons. The molecule has 1 aromatic heterocycles. The van der Waals surface area contributed by atoms with Gasteiger partial charge in [-0.2, -0.15) is 5.10 Å². The smallest absolute Gasteiger partial charge is 0.115 e. The van der Waals surface area contributed by atoms with E-state index in [0.717, 1.165) is 22.4 Å². The number of nitrogen functional groups attached to an aromatic ring is 1. The fraction of sp³-hybridized carbons (Fsp3) is 0.0625. The highest BCUT2D eigenvalue weighted by Gasteiger charge is 2.02. The highest BCUT2D eigenvalue weighted by molar-refractivity contribution is 5.64. The van der Waals surface area contributed by atoms with E-state index >= 15 is 0 Å². The molecule has 0 amide bonds. The molecule has 0 saturated heterocycles. The predicted molar refractivity (Wildman–Crippen MR) is 79.3 cm³/mol. The summed E-state index contributed by atoms with van der Waals surface area (Å²) in [5.74, 6) is 0.275. The minimum absolute atomic E-state index is 0.275. The highest BCUT2D eigenvalue weighted by atomic mass is 16.3. The number of rotatable bonds is 3. The zero-order chi connectivity index (χ0) is 13.9. The van der Waals surface area contributed by atoms with Gasteiger partial charge >= 0.3 is 0 Å². The number of nitrogens with zero attached hydrogens (tertiary/aromatic N) is 2. The third kappa shape index (κ3) is 2.64. The molecule has 0 fully saturated rings. The van der Waals surface area contributed by atoms with Gasteiger partial charge in [-0.3, -0.25) is 4.68 Å². The van der Waals surface area contributed by atoms with E-state index in [1.54, 1.807) is 12.1 Å². The fourth-order valence-corrected chi connectivity index (χ4v) is 2.06. The van der Waals surface area contributed by atoms with Gasteiger partial charge < -0.3 is 10.8 Å². The normalized spacial score (nSPS) is 10.6.